The molecule has 114 valence electrons. The Bertz CT molecular complexity index is 523. The molecule has 2 N–H and O–H groups in total. The van der Waals surface area contributed by atoms with Crippen molar-refractivity contribution in [3.8, 4) is 5.75 Å². The lowest BCUT2D eigenvalue weighted by atomic mass is 9.94. The van der Waals surface area contributed by atoms with Crippen molar-refractivity contribution >= 4 is 11.9 Å². The van der Waals surface area contributed by atoms with Gasteiger partial charge in [0, 0.05) is 13.1 Å². The van der Waals surface area contributed by atoms with Gasteiger partial charge in [-0.3, -0.25) is 14.5 Å². The van der Waals surface area contributed by atoms with E-state index in [1.54, 1.807) is 12.1 Å². The predicted molar refractivity (Wildman–Crippen MR) is 74.8 cm³/mol. The number of ether oxygens (including phenoxy) is 1. The van der Waals surface area contributed by atoms with Crippen molar-refractivity contribution in [1.29, 1.82) is 0 Å². The van der Waals surface area contributed by atoms with Gasteiger partial charge in [0.05, 0.1) is 13.0 Å². The minimum Gasteiger partial charge on any atom is -0.508 e. The molecule has 1 heterocycles. The Labute approximate surface area is 122 Å². The standard InChI is InChI=1S/C15H19NO5/c1-21-15(20)10-5-7-16(8-6-10)13(14(18)19)11-3-2-4-12(17)9-11/h2-4,9-10,13,17H,5-8H2,1H3,(H,18,19). The van der Waals surface area contributed by atoms with E-state index in [9.17, 15) is 19.8 Å². The van der Waals surface area contributed by atoms with Crippen molar-refractivity contribution in [3.63, 3.8) is 0 Å². The number of nitrogens with zero attached hydrogens (tertiary/aromatic N) is 1. The van der Waals surface area contributed by atoms with E-state index < -0.39 is 12.0 Å². The highest BCUT2D eigenvalue weighted by Gasteiger charge is 2.33. The zero-order valence-corrected chi connectivity index (χ0v) is 11.9. The highest BCUT2D eigenvalue weighted by atomic mass is 16.5. The maximum atomic E-state index is 11.6. The van der Waals surface area contributed by atoms with Crippen molar-refractivity contribution in [2.45, 2.75) is 18.9 Å². The maximum Gasteiger partial charge on any atom is 0.325 e. The lowest BCUT2D eigenvalue weighted by Gasteiger charge is -2.34. The van der Waals surface area contributed by atoms with Gasteiger partial charge in [0.2, 0.25) is 0 Å². The fourth-order valence-corrected chi connectivity index (χ4v) is 2.76. The number of carboxylic acid groups (broad SMARTS) is 1. The number of likely N-dealkylation sites (tertiary alicyclic amines) is 1. The van der Waals surface area contributed by atoms with Crippen LogP contribution in [0.25, 0.3) is 0 Å². The Balaban J connectivity index is 2.11. The second-order valence-corrected chi connectivity index (χ2v) is 5.17. The van der Waals surface area contributed by atoms with Gasteiger partial charge in [0.1, 0.15) is 11.8 Å². The summed E-state index contributed by atoms with van der Waals surface area (Å²) in [5, 5.41) is 19.0. The Morgan fingerprint density at radius 3 is 2.52 bits per heavy atom. The number of rotatable bonds is 4. The fourth-order valence-electron chi connectivity index (χ4n) is 2.76. The highest BCUT2D eigenvalue weighted by molar-refractivity contribution is 5.76. The van der Waals surface area contributed by atoms with Crippen LogP contribution in [0.5, 0.6) is 5.75 Å². The Hall–Kier alpha value is -2.08. The summed E-state index contributed by atoms with van der Waals surface area (Å²) in [5.41, 5.74) is 0.541. The normalized spacial score (nSPS) is 18.1. The second kappa shape index (κ2) is 6.58. The van der Waals surface area contributed by atoms with Crippen LogP contribution in [0.15, 0.2) is 24.3 Å². The molecule has 1 aliphatic heterocycles. The van der Waals surface area contributed by atoms with Crippen LogP contribution in [-0.2, 0) is 14.3 Å². The van der Waals surface area contributed by atoms with Crippen LogP contribution in [0.4, 0.5) is 0 Å². The number of methoxy groups -OCH3 is 1. The van der Waals surface area contributed by atoms with E-state index in [1.807, 2.05) is 4.90 Å². The molecule has 2 rings (SSSR count). The minimum atomic E-state index is -0.961. The number of carbonyl (C=O) groups excluding carboxylic acids is 1. The molecule has 21 heavy (non-hydrogen) atoms. The van der Waals surface area contributed by atoms with Gasteiger partial charge >= 0.3 is 11.9 Å². The van der Waals surface area contributed by atoms with E-state index in [0.717, 1.165) is 0 Å². The summed E-state index contributed by atoms with van der Waals surface area (Å²) in [6.07, 6.45) is 1.16. The maximum absolute atomic E-state index is 11.6. The van der Waals surface area contributed by atoms with Crippen LogP contribution in [0.1, 0.15) is 24.4 Å². The molecule has 0 aromatic heterocycles. The summed E-state index contributed by atoms with van der Waals surface area (Å²) in [7, 11) is 1.36. The number of piperidine rings is 1. The number of hydrogen-bond donors (Lipinski definition) is 2. The summed E-state index contributed by atoms with van der Waals surface area (Å²) >= 11 is 0. The third kappa shape index (κ3) is 3.52. The fraction of sp³-hybridized carbons (Fsp3) is 0.467. The number of phenolic OH excluding ortho intramolecular Hbond substituents is 1. The molecule has 6 heteroatoms. The molecule has 6 nitrogen and oxygen atoms in total. The average Bonchev–Trinajstić information content (AvgIpc) is 2.47. The second-order valence-electron chi connectivity index (χ2n) is 5.17. The number of carboxylic acids is 1. The first-order chi connectivity index (χ1) is 10.0. The smallest absolute Gasteiger partial charge is 0.325 e. The van der Waals surface area contributed by atoms with Crippen molar-refractivity contribution in [1.82, 2.24) is 4.90 Å². The molecule has 1 aliphatic rings. The van der Waals surface area contributed by atoms with E-state index in [2.05, 4.69) is 0 Å². The van der Waals surface area contributed by atoms with Crippen molar-refractivity contribution in [3.05, 3.63) is 29.8 Å². The van der Waals surface area contributed by atoms with E-state index >= 15 is 0 Å². The molecule has 1 atom stereocenters. The van der Waals surface area contributed by atoms with Crippen LogP contribution in [-0.4, -0.2) is 47.3 Å². The SMILES string of the molecule is COC(=O)C1CCN(C(C(=O)O)c2cccc(O)c2)CC1. The summed E-state index contributed by atoms with van der Waals surface area (Å²) in [5.74, 6) is -1.32. The number of benzene rings is 1. The lowest BCUT2D eigenvalue weighted by Crippen LogP contribution is -2.41. The molecular weight excluding hydrogens is 274 g/mol. The van der Waals surface area contributed by atoms with Gasteiger partial charge in [-0.15, -0.1) is 0 Å². The Kier molecular flexibility index (Phi) is 4.80. The molecule has 1 aromatic rings. The molecular formula is C15H19NO5. The summed E-state index contributed by atoms with van der Waals surface area (Å²) in [6, 6.07) is 5.47. The quantitative estimate of drug-likeness (QED) is 0.816. The molecule has 0 saturated carbocycles. The third-order valence-corrected chi connectivity index (χ3v) is 3.85. The average molecular weight is 293 g/mol. The first-order valence-electron chi connectivity index (χ1n) is 6.86. The van der Waals surface area contributed by atoms with Gasteiger partial charge in [-0.2, -0.15) is 0 Å². The van der Waals surface area contributed by atoms with Crippen LogP contribution in [0.2, 0.25) is 0 Å². The van der Waals surface area contributed by atoms with Crippen molar-refractivity contribution < 1.29 is 24.5 Å². The van der Waals surface area contributed by atoms with Gasteiger partial charge in [0.15, 0.2) is 0 Å². The molecule has 1 unspecified atom stereocenters. The van der Waals surface area contributed by atoms with E-state index in [1.165, 1.54) is 19.2 Å². The van der Waals surface area contributed by atoms with Crippen LogP contribution >= 0.6 is 0 Å². The van der Waals surface area contributed by atoms with Crippen LogP contribution in [0.3, 0.4) is 0 Å². The minimum absolute atomic E-state index is 0.0446. The van der Waals surface area contributed by atoms with Crippen molar-refractivity contribution in [2.75, 3.05) is 20.2 Å². The van der Waals surface area contributed by atoms with Gasteiger partial charge in [0.25, 0.3) is 0 Å². The Morgan fingerprint density at radius 2 is 2.00 bits per heavy atom. The molecule has 0 amide bonds. The molecule has 0 bridgehead atoms. The molecule has 0 spiro atoms. The van der Waals surface area contributed by atoms with Gasteiger partial charge < -0.3 is 14.9 Å². The topological polar surface area (TPSA) is 87.1 Å². The van der Waals surface area contributed by atoms with E-state index in [4.69, 9.17) is 4.74 Å². The number of aromatic hydroxyl groups is 1. The number of esters is 1. The number of aliphatic carboxylic acids is 1. The van der Waals surface area contributed by atoms with Gasteiger partial charge in [-0.05, 0) is 30.5 Å². The largest absolute Gasteiger partial charge is 0.508 e. The first-order valence-corrected chi connectivity index (χ1v) is 6.86. The zero-order chi connectivity index (χ0) is 15.4. The number of hydrogen-bond acceptors (Lipinski definition) is 5. The number of phenols is 1. The monoisotopic (exact) mass is 293 g/mol. The molecule has 0 aliphatic carbocycles. The third-order valence-electron chi connectivity index (χ3n) is 3.85. The molecule has 1 fully saturated rings. The zero-order valence-electron chi connectivity index (χ0n) is 11.9. The van der Waals surface area contributed by atoms with E-state index in [0.29, 0.717) is 31.5 Å². The van der Waals surface area contributed by atoms with Gasteiger partial charge in [-0.1, -0.05) is 12.1 Å². The van der Waals surface area contributed by atoms with E-state index in [-0.39, 0.29) is 17.6 Å². The molecule has 1 saturated heterocycles. The van der Waals surface area contributed by atoms with Crippen molar-refractivity contribution in [2.24, 2.45) is 5.92 Å². The first kappa shape index (κ1) is 15.3. The molecule has 1 aromatic carbocycles. The summed E-state index contributed by atoms with van der Waals surface area (Å²) in [6.45, 7) is 1.01. The summed E-state index contributed by atoms with van der Waals surface area (Å²) < 4.78 is 4.73. The van der Waals surface area contributed by atoms with Crippen LogP contribution in [0, 0.1) is 5.92 Å². The predicted octanol–water partition coefficient (Wildman–Crippen LogP) is 1.40. The van der Waals surface area contributed by atoms with Gasteiger partial charge in [-0.25, -0.2) is 0 Å². The molecule has 0 radical (unpaired) electrons. The lowest BCUT2D eigenvalue weighted by molar-refractivity contribution is -0.148. The Morgan fingerprint density at radius 1 is 1.33 bits per heavy atom. The number of carbonyl (C=O) groups is 2. The van der Waals surface area contributed by atoms with Crippen LogP contribution < -0.4 is 0 Å². The summed E-state index contributed by atoms with van der Waals surface area (Å²) in [4.78, 5) is 24.9. The highest BCUT2D eigenvalue weighted by Crippen LogP contribution is 2.29.